The lowest BCUT2D eigenvalue weighted by Gasteiger charge is -2.23. The Morgan fingerprint density at radius 3 is 2.54 bits per heavy atom. The first kappa shape index (κ1) is 22.9. The predicted molar refractivity (Wildman–Crippen MR) is 119 cm³/mol. The van der Waals surface area contributed by atoms with Gasteiger partial charge in [0.05, 0.1) is 11.9 Å². The largest absolute Gasteiger partial charge is 0.354 e. The number of amides is 1. The Morgan fingerprint density at radius 2 is 1.86 bits per heavy atom. The molecule has 28 heavy (non-hydrogen) atoms. The van der Waals surface area contributed by atoms with Crippen molar-refractivity contribution in [3.05, 3.63) is 63.6 Å². The normalized spacial score (nSPS) is 11.3. The van der Waals surface area contributed by atoms with Crippen LogP contribution in [-0.4, -0.2) is 39.4 Å². The fraction of sp³-hybridized carbons (Fsp3) is 0.316. The first-order valence-electron chi connectivity index (χ1n) is 8.49. The van der Waals surface area contributed by atoms with Crippen molar-refractivity contribution in [1.29, 1.82) is 0 Å². The lowest BCUT2D eigenvalue weighted by Crippen LogP contribution is -2.41. The van der Waals surface area contributed by atoms with Crippen molar-refractivity contribution in [3.63, 3.8) is 0 Å². The van der Waals surface area contributed by atoms with Crippen molar-refractivity contribution >= 4 is 56.6 Å². The van der Waals surface area contributed by atoms with Crippen molar-refractivity contribution in [1.82, 2.24) is 5.32 Å². The molecule has 9 heteroatoms. The summed E-state index contributed by atoms with van der Waals surface area (Å²) < 4.78 is 25.4. The Hall–Kier alpha value is -1.41. The number of sulfonamides is 1. The minimum atomic E-state index is -3.63. The van der Waals surface area contributed by atoms with Crippen LogP contribution >= 0.6 is 35.0 Å². The number of halogens is 2. The number of nitrogens with one attached hydrogen (secondary N) is 1. The van der Waals surface area contributed by atoms with Crippen LogP contribution < -0.4 is 9.62 Å². The van der Waals surface area contributed by atoms with Gasteiger partial charge in [-0.15, -0.1) is 0 Å². The fourth-order valence-corrected chi connectivity index (χ4v) is 4.59. The van der Waals surface area contributed by atoms with E-state index >= 15 is 0 Å². The van der Waals surface area contributed by atoms with Crippen molar-refractivity contribution in [2.24, 2.45) is 0 Å². The third-order valence-electron chi connectivity index (χ3n) is 3.85. The molecule has 0 spiro atoms. The second kappa shape index (κ2) is 10.4. The molecule has 0 aliphatic heterocycles. The third-order valence-corrected chi connectivity index (χ3v) is 6.48. The minimum Gasteiger partial charge on any atom is -0.354 e. The van der Waals surface area contributed by atoms with E-state index in [1.807, 2.05) is 24.3 Å². The molecule has 0 unspecified atom stereocenters. The van der Waals surface area contributed by atoms with Crippen LogP contribution in [0, 0.1) is 6.92 Å². The summed E-state index contributed by atoms with van der Waals surface area (Å²) in [7, 11) is -3.63. The van der Waals surface area contributed by atoms with Gasteiger partial charge in [0.1, 0.15) is 6.54 Å². The maximum atomic E-state index is 12.3. The van der Waals surface area contributed by atoms with Gasteiger partial charge in [0.15, 0.2) is 0 Å². The van der Waals surface area contributed by atoms with E-state index in [9.17, 15) is 13.2 Å². The van der Waals surface area contributed by atoms with Crippen LogP contribution in [-0.2, 0) is 20.6 Å². The van der Waals surface area contributed by atoms with Gasteiger partial charge < -0.3 is 5.32 Å². The van der Waals surface area contributed by atoms with Crippen molar-refractivity contribution < 1.29 is 13.2 Å². The number of benzene rings is 2. The molecule has 2 aromatic carbocycles. The first-order chi connectivity index (χ1) is 13.2. The summed E-state index contributed by atoms with van der Waals surface area (Å²) in [4.78, 5) is 12.3. The van der Waals surface area contributed by atoms with Crippen LogP contribution in [0.4, 0.5) is 5.69 Å². The third kappa shape index (κ3) is 7.20. The zero-order chi connectivity index (χ0) is 20.7. The zero-order valence-corrected chi connectivity index (χ0v) is 18.8. The van der Waals surface area contributed by atoms with Crippen molar-refractivity contribution in [2.75, 3.05) is 29.4 Å². The van der Waals surface area contributed by atoms with E-state index < -0.39 is 10.0 Å². The van der Waals surface area contributed by atoms with Crippen LogP contribution in [0.3, 0.4) is 0 Å². The topological polar surface area (TPSA) is 66.5 Å². The molecule has 2 aromatic rings. The molecule has 0 fully saturated rings. The van der Waals surface area contributed by atoms with E-state index in [4.69, 9.17) is 23.2 Å². The molecule has 0 radical (unpaired) electrons. The quantitative estimate of drug-likeness (QED) is 0.571. The Balaban J connectivity index is 1.87. The lowest BCUT2D eigenvalue weighted by molar-refractivity contribution is -0.119. The molecule has 0 aromatic heterocycles. The second-order valence-corrected chi connectivity index (χ2v) is 10.1. The lowest BCUT2D eigenvalue weighted by atomic mass is 10.2. The molecule has 0 saturated carbocycles. The molecule has 0 aliphatic carbocycles. The highest BCUT2D eigenvalue weighted by atomic mass is 35.5. The van der Waals surface area contributed by atoms with E-state index in [-0.39, 0.29) is 12.5 Å². The summed E-state index contributed by atoms with van der Waals surface area (Å²) in [6.45, 7) is 1.92. The molecule has 0 aliphatic rings. The van der Waals surface area contributed by atoms with Crippen LogP contribution in [0.15, 0.2) is 42.5 Å². The summed E-state index contributed by atoms with van der Waals surface area (Å²) >= 11 is 13.6. The first-order valence-corrected chi connectivity index (χ1v) is 12.3. The maximum Gasteiger partial charge on any atom is 0.240 e. The summed E-state index contributed by atoms with van der Waals surface area (Å²) in [6, 6.07) is 12.6. The smallest absolute Gasteiger partial charge is 0.240 e. The Bertz CT molecular complexity index is 937. The molecular weight excluding hydrogens is 439 g/mol. The van der Waals surface area contributed by atoms with Crippen LogP contribution in [0.1, 0.15) is 11.1 Å². The minimum absolute atomic E-state index is 0.293. The van der Waals surface area contributed by atoms with Gasteiger partial charge in [-0.05, 0) is 42.3 Å². The number of rotatable bonds is 9. The number of carbonyl (C=O) groups is 1. The van der Waals surface area contributed by atoms with E-state index in [1.165, 1.54) is 0 Å². The van der Waals surface area contributed by atoms with Crippen LogP contribution in [0.25, 0.3) is 0 Å². The van der Waals surface area contributed by atoms with Crippen LogP contribution in [0.5, 0.6) is 0 Å². The Morgan fingerprint density at radius 1 is 1.14 bits per heavy atom. The van der Waals surface area contributed by atoms with Gasteiger partial charge in [0, 0.05) is 28.1 Å². The van der Waals surface area contributed by atoms with E-state index in [0.29, 0.717) is 28.0 Å². The molecule has 1 N–H and O–H groups in total. The molecule has 0 saturated heterocycles. The number of carbonyl (C=O) groups excluding carboxylic acids is 1. The van der Waals surface area contributed by atoms with Gasteiger partial charge in [0.25, 0.3) is 0 Å². The zero-order valence-electron chi connectivity index (χ0n) is 15.6. The number of nitrogens with zero attached hydrogens (tertiary/aromatic N) is 1. The monoisotopic (exact) mass is 460 g/mol. The van der Waals surface area contributed by atoms with E-state index in [2.05, 4.69) is 5.32 Å². The van der Waals surface area contributed by atoms with Crippen molar-refractivity contribution in [3.8, 4) is 0 Å². The Kier molecular flexibility index (Phi) is 8.49. The highest BCUT2D eigenvalue weighted by molar-refractivity contribution is 7.98. The van der Waals surface area contributed by atoms with Gasteiger partial charge in [0.2, 0.25) is 15.9 Å². The maximum absolute atomic E-state index is 12.3. The van der Waals surface area contributed by atoms with E-state index in [1.54, 1.807) is 36.9 Å². The molecule has 152 valence electrons. The molecular formula is C19H22Cl2N2O3S2. The fourth-order valence-electron chi connectivity index (χ4n) is 2.50. The van der Waals surface area contributed by atoms with Gasteiger partial charge in [-0.2, -0.15) is 11.8 Å². The molecule has 0 bridgehead atoms. The number of hydrogen-bond acceptors (Lipinski definition) is 4. The van der Waals surface area contributed by atoms with Gasteiger partial charge in [-0.1, -0.05) is 41.4 Å². The summed E-state index contributed by atoms with van der Waals surface area (Å²) in [5.41, 5.74) is 2.24. The summed E-state index contributed by atoms with van der Waals surface area (Å²) in [6.07, 6.45) is 1.07. The van der Waals surface area contributed by atoms with Gasteiger partial charge in [-0.25, -0.2) is 8.42 Å². The van der Waals surface area contributed by atoms with Crippen LogP contribution in [0.2, 0.25) is 10.0 Å². The van der Waals surface area contributed by atoms with Crippen molar-refractivity contribution in [2.45, 2.75) is 12.7 Å². The van der Waals surface area contributed by atoms with E-state index in [0.717, 1.165) is 27.4 Å². The molecule has 2 rings (SSSR count). The standard InChI is InChI=1S/C19H22Cl2N2O3S2/c1-14-6-7-17(21)11-18(14)23(28(2,25)26)12-19(24)22-8-9-27-13-15-4-3-5-16(20)10-15/h3-7,10-11H,8-9,12-13H2,1-2H3,(H,22,24). The number of hydrogen-bond donors (Lipinski definition) is 1. The number of aryl methyl sites for hydroxylation is 1. The van der Waals surface area contributed by atoms with Gasteiger partial charge >= 0.3 is 0 Å². The SMILES string of the molecule is Cc1ccc(Cl)cc1N(CC(=O)NCCSCc1cccc(Cl)c1)S(C)(=O)=O. The average Bonchev–Trinajstić information content (AvgIpc) is 2.61. The summed E-state index contributed by atoms with van der Waals surface area (Å²) in [5, 5.41) is 3.87. The summed E-state index contributed by atoms with van der Waals surface area (Å²) in [5.74, 6) is 1.12. The molecule has 0 heterocycles. The average molecular weight is 461 g/mol. The second-order valence-electron chi connectivity index (χ2n) is 6.23. The highest BCUT2D eigenvalue weighted by Gasteiger charge is 2.22. The molecule has 1 amide bonds. The molecule has 5 nitrogen and oxygen atoms in total. The Labute approximate surface area is 180 Å². The molecule has 0 atom stereocenters. The highest BCUT2D eigenvalue weighted by Crippen LogP contribution is 2.26. The predicted octanol–water partition coefficient (Wildman–Crippen LogP) is 4.12. The number of anilines is 1. The number of thioether (sulfide) groups is 1. The van der Waals surface area contributed by atoms with Gasteiger partial charge in [-0.3, -0.25) is 9.10 Å².